The number of aryl methyl sites for hydroxylation is 1. The Kier molecular flexibility index (Phi) is 8.41. The first-order chi connectivity index (χ1) is 20.2. The van der Waals surface area contributed by atoms with E-state index in [1.165, 1.54) is 4.80 Å². The van der Waals surface area contributed by atoms with Crippen molar-refractivity contribution in [2.75, 3.05) is 20.8 Å². The maximum Gasteiger partial charge on any atom is 0.319 e. The molecule has 1 aliphatic rings. The minimum Gasteiger partial charge on any atom is -0.493 e. The number of fused-ring (bicyclic) bond motifs is 3. The van der Waals surface area contributed by atoms with Crippen LogP contribution in [-0.2, 0) is 32.9 Å². The molecule has 0 saturated heterocycles. The van der Waals surface area contributed by atoms with Crippen molar-refractivity contribution in [1.29, 1.82) is 0 Å². The first kappa shape index (κ1) is 29.4. The van der Waals surface area contributed by atoms with E-state index >= 15 is 0 Å². The van der Waals surface area contributed by atoms with Gasteiger partial charge in [0.2, 0.25) is 0 Å². The van der Waals surface area contributed by atoms with E-state index in [0.717, 1.165) is 0 Å². The smallest absolute Gasteiger partial charge is 0.319 e. The van der Waals surface area contributed by atoms with Gasteiger partial charge in [-0.2, -0.15) is 4.80 Å². The van der Waals surface area contributed by atoms with Crippen LogP contribution in [0.25, 0.3) is 5.69 Å². The maximum absolute atomic E-state index is 14.2. The van der Waals surface area contributed by atoms with Crippen molar-refractivity contribution in [3.63, 3.8) is 0 Å². The van der Waals surface area contributed by atoms with E-state index < -0.39 is 30.3 Å². The van der Waals surface area contributed by atoms with Crippen molar-refractivity contribution in [2.24, 2.45) is 0 Å². The van der Waals surface area contributed by atoms with Crippen LogP contribution in [0.15, 0.2) is 36.4 Å². The molecule has 0 unspecified atom stereocenters. The molecule has 5 rings (SSSR count). The first-order valence-corrected chi connectivity index (χ1v) is 13.7. The summed E-state index contributed by atoms with van der Waals surface area (Å²) in [4.78, 5) is 13.8. The van der Waals surface area contributed by atoms with Gasteiger partial charge in [0.05, 0.1) is 33.1 Å². The molecule has 0 radical (unpaired) electrons. The number of methoxy groups -OCH3 is 2. The molecule has 222 valence electrons. The SMILES string of the molecule is CCOC(=O)C(C)(C)c1nnn(CC[C@@H]2O[C@@H](c3cccc(OC)c3OC)c3cc(Cl)ccc3-n3c(CF)nnc32)n1. The first-order valence-electron chi connectivity index (χ1n) is 13.3. The van der Waals surface area contributed by atoms with Gasteiger partial charge in [0.15, 0.2) is 29.0 Å². The minimum atomic E-state index is -1.09. The number of halogens is 2. The largest absolute Gasteiger partial charge is 0.493 e. The Balaban J connectivity index is 1.55. The third kappa shape index (κ3) is 5.29. The molecule has 1 aliphatic heterocycles. The Bertz CT molecular complexity index is 1590. The lowest BCUT2D eigenvalue weighted by Gasteiger charge is -2.25. The third-order valence-corrected chi connectivity index (χ3v) is 7.32. The van der Waals surface area contributed by atoms with Gasteiger partial charge in [-0.3, -0.25) is 9.36 Å². The molecule has 0 spiro atoms. The summed E-state index contributed by atoms with van der Waals surface area (Å²) in [5.41, 5.74) is 0.896. The number of carbonyl (C=O) groups is 1. The summed E-state index contributed by atoms with van der Waals surface area (Å²) >= 11 is 6.46. The predicted molar refractivity (Wildman–Crippen MR) is 148 cm³/mol. The van der Waals surface area contributed by atoms with E-state index in [1.807, 2.05) is 12.1 Å². The maximum atomic E-state index is 14.2. The molecule has 3 heterocycles. The number of nitrogens with zero attached hydrogens (tertiary/aromatic N) is 7. The molecule has 0 N–H and O–H groups in total. The molecule has 0 fully saturated rings. The van der Waals surface area contributed by atoms with Gasteiger partial charge in [-0.25, -0.2) is 4.39 Å². The standard InChI is InChI=1S/C28H31ClFN7O5/c1-6-41-27(38)28(2,3)26-33-35-36(34-26)13-12-21-25-32-31-22(15-30)37(25)19-11-10-16(29)14-18(19)23(42-21)17-8-7-9-20(39-4)24(17)40-5/h7-11,14,21,23H,6,12-13,15H2,1-5H3/t21-,23-/m0/s1. The van der Waals surface area contributed by atoms with E-state index in [9.17, 15) is 9.18 Å². The van der Waals surface area contributed by atoms with Crippen LogP contribution in [0.1, 0.15) is 68.0 Å². The number of hydrogen-bond acceptors (Lipinski definition) is 10. The summed E-state index contributed by atoms with van der Waals surface area (Å²) in [7, 11) is 3.11. The Labute approximate surface area is 246 Å². The van der Waals surface area contributed by atoms with E-state index in [1.54, 1.807) is 63.8 Å². The van der Waals surface area contributed by atoms with Crippen molar-refractivity contribution in [2.45, 2.75) is 58.0 Å². The number of para-hydroxylation sites is 1. The summed E-state index contributed by atoms with van der Waals surface area (Å²) in [5, 5.41) is 21.6. The van der Waals surface area contributed by atoms with Crippen molar-refractivity contribution in [1.82, 2.24) is 35.0 Å². The van der Waals surface area contributed by atoms with Crippen LogP contribution in [0.2, 0.25) is 5.02 Å². The molecule has 14 heteroatoms. The summed E-state index contributed by atoms with van der Waals surface area (Å²) < 4.78 is 39.1. The zero-order valence-electron chi connectivity index (χ0n) is 23.9. The monoisotopic (exact) mass is 599 g/mol. The average molecular weight is 600 g/mol. The van der Waals surface area contributed by atoms with Crippen molar-refractivity contribution in [3.8, 4) is 17.2 Å². The van der Waals surface area contributed by atoms with Crippen LogP contribution in [0.3, 0.4) is 0 Å². The quantitative estimate of drug-likeness (QED) is 0.241. The number of carbonyl (C=O) groups excluding carboxylic acids is 1. The molecule has 0 bridgehead atoms. The van der Waals surface area contributed by atoms with Gasteiger partial charge in [0, 0.05) is 22.6 Å². The van der Waals surface area contributed by atoms with Crippen molar-refractivity contribution in [3.05, 3.63) is 70.0 Å². The summed E-state index contributed by atoms with van der Waals surface area (Å²) in [6.07, 6.45) is -1.09. The van der Waals surface area contributed by atoms with E-state index in [-0.39, 0.29) is 24.8 Å². The van der Waals surface area contributed by atoms with Crippen LogP contribution in [-0.4, -0.2) is 61.8 Å². The third-order valence-electron chi connectivity index (χ3n) is 7.08. The highest BCUT2D eigenvalue weighted by atomic mass is 35.5. The minimum absolute atomic E-state index is 0.123. The second-order valence-corrected chi connectivity index (χ2v) is 10.5. The highest BCUT2D eigenvalue weighted by Gasteiger charge is 2.38. The van der Waals surface area contributed by atoms with Crippen molar-refractivity contribution < 1.29 is 28.1 Å². The molecule has 2 atom stereocenters. The molecule has 0 saturated carbocycles. The van der Waals surface area contributed by atoms with E-state index in [0.29, 0.717) is 45.6 Å². The Morgan fingerprint density at radius 3 is 2.64 bits per heavy atom. The zero-order chi connectivity index (χ0) is 30.0. The van der Waals surface area contributed by atoms with Gasteiger partial charge >= 0.3 is 5.97 Å². The second-order valence-electron chi connectivity index (χ2n) is 10.1. The topological polar surface area (TPSA) is 128 Å². The van der Waals surface area contributed by atoms with Gasteiger partial charge in [0.1, 0.15) is 24.3 Å². The van der Waals surface area contributed by atoms with Gasteiger partial charge in [-0.1, -0.05) is 23.7 Å². The van der Waals surface area contributed by atoms with E-state index in [2.05, 4.69) is 25.6 Å². The van der Waals surface area contributed by atoms with Crippen LogP contribution < -0.4 is 9.47 Å². The molecule has 4 aromatic rings. The molecular formula is C28H31ClFN7O5. The Morgan fingerprint density at radius 2 is 1.93 bits per heavy atom. The van der Waals surface area contributed by atoms with Crippen LogP contribution in [0.4, 0.5) is 4.39 Å². The summed E-state index contributed by atoms with van der Waals surface area (Å²) in [6, 6.07) is 10.8. The fraction of sp³-hybridized carbons (Fsp3) is 0.429. The summed E-state index contributed by atoms with van der Waals surface area (Å²) in [6.45, 7) is 4.73. The fourth-order valence-electron chi connectivity index (χ4n) is 4.91. The van der Waals surface area contributed by atoms with Crippen LogP contribution in [0, 0.1) is 0 Å². The molecule has 12 nitrogen and oxygen atoms in total. The van der Waals surface area contributed by atoms with Gasteiger partial charge in [-0.15, -0.1) is 20.4 Å². The number of benzene rings is 2. The number of hydrogen-bond donors (Lipinski definition) is 0. The number of ether oxygens (including phenoxy) is 4. The highest BCUT2D eigenvalue weighted by molar-refractivity contribution is 6.30. The second kappa shape index (κ2) is 12.0. The number of alkyl halides is 1. The van der Waals surface area contributed by atoms with Crippen molar-refractivity contribution >= 4 is 17.6 Å². The molecule has 42 heavy (non-hydrogen) atoms. The average Bonchev–Trinajstić information content (AvgIpc) is 3.62. The Morgan fingerprint density at radius 1 is 1.12 bits per heavy atom. The zero-order valence-corrected chi connectivity index (χ0v) is 24.6. The fourth-order valence-corrected chi connectivity index (χ4v) is 5.09. The van der Waals surface area contributed by atoms with Gasteiger partial charge in [-0.05, 0) is 50.3 Å². The Hall–Kier alpha value is -4.10. The summed E-state index contributed by atoms with van der Waals surface area (Å²) in [5.74, 6) is 1.32. The van der Waals surface area contributed by atoms with Gasteiger partial charge in [0.25, 0.3) is 0 Å². The highest BCUT2D eigenvalue weighted by Crippen LogP contribution is 2.46. The molecule has 2 aromatic heterocycles. The molecule has 2 aromatic carbocycles. The number of aromatic nitrogens is 7. The van der Waals surface area contributed by atoms with Crippen LogP contribution in [0.5, 0.6) is 11.5 Å². The lowest BCUT2D eigenvalue weighted by atomic mass is 9.93. The lowest BCUT2D eigenvalue weighted by molar-refractivity contribution is -0.149. The predicted octanol–water partition coefficient (Wildman–Crippen LogP) is 4.49. The van der Waals surface area contributed by atoms with E-state index in [4.69, 9.17) is 30.5 Å². The molecule has 0 aliphatic carbocycles. The number of esters is 1. The molecule has 0 amide bonds. The normalized spacial score (nSPS) is 16.4. The lowest BCUT2D eigenvalue weighted by Crippen LogP contribution is -2.32. The number of tetrazole rings is 1. The number of rotatable bonds is 10. The van der Waals surface area contributed by atoms with Crippen LogP contribution >= 0.6 is 11.6 Å². The molecular weight excluding hydrogens is 569 g/mol. The van der Waals surface area contributed by atoms with Gasteiger partial charge < -0.3 is 18.9 Å².